The molecule has 25 heavy (non-hydrogen) atoms. The van der Waals surface area contributed by atoms with Crippen LogP contribution in [0, 0.1) is 11.8 Å². The molecule has 2 aliphatic heterocycles. The van der Waals surface area contributed by atoms with Crippen LogP contribution in [0.3, 0.4) is 0 Å². The molecule has 0 radical (unpaired) electrons. The van der Waals surface area contributed by atoms with Gasteiger partial charge in [0.15, 0.2) is 0 Å². The van der Waals surface area contributed by atoms with Gasteiger partial charge in [-0.1, -0.05) is 6.92 Å². The number of thiol groups is 1. The number of likely N-dealkylation sites (tertiary alicyclic amines) is 1. The van der Waals surface area contributed by atoms with E-state index >= 15 is 0 Å². The predicted molar refractivity (Wildman–Crippen MR) is 114 cm³/mol. The Morgan fingerprint density at radius 2 is 1.36 bits per heavy atom. The van der Waals surface area contributed by atoms with Crippen molar-refractivity contribution in [3.05, 3.63) is 0 Å². The van der Waals surface area contributed by atoms with Gasteiger partial charge in [-0.2, -0.15) is 12.6 Å². The molecule has 0 aromatic carbocycles. The van der Waals surface area contributed by atoms with Gasteiger partial charge in [0, 0.05) is 50.8 Å². The van der Waals surface area contributed by atoms with Gasteiger partial charge in [-0.25, -0.2) is 0 Å². The molecule has 0 aliphatic carbocycles. The van der Waals surface area contributed by atoms with E-state index in [1.807, 2.05) is 0 Å². The molecule has 2 aliphatic rings. The number of piperidine rings is 1. The van der Waals surface area contributed by atoms with Crippen LogP contribution >= 0.6 is 12.6 Å². The minimum absolute atomic E-state index is 0.698. The number of nitrogens with zero attached hydrogens (tertiary/aromatic N) is 3. The van der Waals surface area contributed by atoms with E-state index in [1.54, 1.807) is 0 Å². The molecule has 4 atom stereocenters. The minimum Gasteiger partial charge on any atom is -0.300 e. The molecule has 0 spiro atoms. The van der Waals surface area contributed by atoms with Crippen molar-refractivity contribution in [1.29, 1.82) is 0 Å². The monoisotopic (exact) mass is 369 g/mol. The first kappa shape index (κ1) is 21.5. The zero-order valence-corrected chi connectivity index (χ0v) is 18.3. The quantitative estimate of drug-likeness (QED) is 0.652. The number of hydrogen-bond acceptors (Lipinski definition) is 4. The van der Waals surface area contributed by atoms with Gasteiger partial charge in [-0.3, -0.25) is 9.80 Å². The van der Waals surface area contributed by atoms with E-state index in [0.29, 0.717) is 6.04 Å². The second-order valence-corrected chi connectivity index (χ2v) is 9.36. The highest BCUT2D eigenvalue weighted by atomic mass is 32.1. The maximum Gasteiger partial charge on any atom is 0.0113 e. The SMILES string of the molecule is CC(CS)C1CCCN(C(C)CCC(C)N2CCN(C(C)C)CC2)C1. The lowest BCUT2D eigenvalue weighted by molar-refractivity contribution is 0.0699. The molecule has 2 saturated heterocycles. The largest absolute Gasteiger partial charge is 0.300 e. The standard InChI is InChI=1S/C21H43N3S/c1-17(2)22-11-13-23(14-12-22)19(4)8-9-20(5)24-10-6-7-21(15-24)18(3)16-25/h17-21,25H,6-16H2,1-5H3. The van der Waals surface area contributed by atoms with Crippen LogP contribution in [-0.2, 0) is 0 Å². The average molecular weight is 370 g/mol. The van der Waals surface area contributed by atoms with Crippen LogP contribution in [0.15, 0.2) is 0 Å². The highest BCUT2D eigenvalue weighted by Crippen LogP contribution is 2.27. The normalized spacial score (nSPS) is 28.2. The van der Waals surface area contributed by atoms with Gasteiger partial charge in [-0.15, -0.1) is 0 Å². The van der Waals surface area contributed by atoms with Crippen molar-refractivity contribution in [3.8, 4) is 0 Å². The topological polar surface area (TPSA) is 9.72 Å². The summed E-state index contributed by atoms with van der Waals surface area (Å²) in [4.78, 5) is 8.09. The van der Waals surface area contributed by atoms with Crippen LogP contribution in [0.1, 0.15) is 60.3 Å². The van der Waals surface area contributed by atoms with Crippen molar-refractivity contribution in [2.45, 2.75) is 78.4 Å². The van der Waals surface area contributed by atoms with Crippen LogP contribution in [0.4, 0.5) is 0 Å². The summed E-state index contributed by atoms with van der Waals surface area (Å²) in [5.41, 5.74) is 0. The Labute approximate surface area is 162 Å². The lowest BCUT2D eigenvalue weighted by Crippen LogP contribution is -2.51. The molecular weight excluding hydrogens is 326 g/mol. The van der Waals surface area contributed by atoms with Gasteiger partial charge >= 0.3 is 0 Å². The van der Waals surface area contributed by atoms with Crippen LogP contribution in [0.5, 0.6) is 0 Å². The Morgan fingerprint density at radius 1 is 0.800 bits per heavy atom. The molecule has 3 nitrogen and oxygen atoms in total. The molecule has 4 unspecified atom stereocenters. The minimum atomic E-state index is 0.698. The maximum atomic E-state index is 4.53. The Hall–Kier alpha value is 0.230. The lowest BCUT2D eigenvalue weighted by atomic mass is 9.87. The highest BCUT2D eigenvalue weighted by Gasteiger charge is 2.27. The molecule has 0 aromatic heterocycles. The fourth-order valence-corrected chi connectivity index (χ4v) is 4.89. The fourth-order valence-electron chi connectivity index (χ4n) is 4.60. The zero-order chi connectivity index (χ0) is 18.4. The van der Waals surface area contributed by atoms with Gasteiger partial charge in [0.1, 0.15) is 0 Å². The summed E-state index contributed by atoms with van der Waals surface area (Å²) < 4.78 is 0. The lowest BCUT2D eigenvalue weighted by Gasteiger charge is -2.41. The molecule has 2 fully saturated rings. The Bertz CT molecular complexity index is 368. The molecule has 4 heteroatoms. The summed E-state index contributed by atoms with van der Waals surface area (Å²) in [6.45, 7) is 19.5. The van der Waals surface area contributed by atoms with Crippen molar-refractivity contribution in [2.24, 2.45) is 11.8 Å². The summed E-state index contributed by atoms with van der Waals surface area (Å²) in [5, 5.41) is 0. The van der Waals surface area contributed by atoms with Crippen molar-refractivity contribution in [2.75, 3.05) is 45.0 Å². The summed E-state index contributed by atoms with van der Waals surface area (Å²) in [6, 6.07) is 2.16. The van der Waals surface area contributed by atoms with Crippen LogP contribution in [0.2, 0.25) is 0 Å². The molecular formula is C21H43N3S. The van der Waals surface area contributed by atoms with E-state index in [4.69, 9.17) is 0 Å². The molecule has 148 valence electrons. The van der Waals surface area contributed by atoms with Crippen molar-refractivity contribution < 1.29 is 0 Å². The van der Waals surface area contributed by atoms with E-state index in [1.165, 1.54) is 65.0 Å². The third-order valence-corrected chi connectivity index (χ3v) is 7.49. The van der Waals surface area contributed by atoms with Gasteiger partial charge in [0.25, 0.3) is 0 Å². The molecule has 2 rings (SSSR count). The summed E-state index contributed by atoms with van der Waals surface area (Å²) in [6.07, 6.45) is 5.46. The third kappa shape index (κ3) is 6.41. The summed E-state index contributed by atoms with van der Waals surface area (Å²) >= 11 is 4.53. The first-order valence-electron chi connectivity index (χ1n) is 10.7. The Balaban J connectivity index is 1.71. The predicted octanol–water partition coefficient (Wildman–Crippen LogP) is 3.85. The second kappa shape index (κ2) is 10.5. The number of hydrogen-bond donors (Lipinski definition) is 1. The molecule has 0 aromatic rings. The number of piperazine rings is 1. The summed E-state index contributed by atoms with van der Waals surface area (Å²) in [7, 11) is 0. The van der Waals surface area contributed by atoms with Gasteiger partial charge in [-0.05, 0) is 77.5 Å². The van der Waals surface area contributed by atoms with Gasteiger partial charge in [0.2, 0.25) is 0 Å². The Morgan fingerprint density at radius 3 is 1.92 bits per heavy atom. The van der Waals surface area contributed by atoms with E-state index in [2.05, 4.69) is 61.9 Å². The number of rotatable bonds is 8. The van der Waals surface area contributed by atoms with Crippen molar-refractivity contribution >= 4 is 12.6 Å². The second-order valence-electron chi connectivity index (χ2n) is 9.00. The van der Waals surface area contributed by atoms with E-state index in [0.717, 1.165) is 29.7 Å². The van der Waals surface area contributed by atoms with Crippen LogP contribution in [-0.4, -0.2) is 77.8 Å². The molecule has 0 amide bonds. The van der Waals surface area contributed by atoms with E-state index in [9.17, 15) is 0 Å². The fraction of sp³-hybridized carbons (Fsp3) is 1.00. The van der Waals surface area contributed by atoms with Crippen LogP contribution < -0.4 is 0 Å². The van der Waals surface area contributed by atoms with Gasteiger partial charge < -0.3 is 4.90 Å². The van der Waals surface area contributed by atoms with E-state index in [-0.39, 0.29) is 0 Å². The molecule has 0 N–H and O–H groups in total. The highest BCUT2D eigenvalue weighted by molar-refractivity contribution is 7.80. The average Bonchev–Trinajstić information content (AvgIpc) is 2.65. The first-order chi connectivity index (χ1) is 11.9. The smallest absolute Gasteiger partial charge is 0.0113 e. The van der Waals surface area contributed by atoms with Crippen molar-refractivity contribution in [1.82, 2.24) is 14.7 Å². The summed E-state index contributed by atoms with van der Waals surface area (Å²) in [5.74, 6) is 2.65. The Kier molecular flexibility index (Phi) is 9.07. The van der Waals surface area contributed by atoms with Crippen LogP contribution in [0.25, 0.3) is 0 Å². The first-order valence-corrected chi connectivity index (χ1v) is 11.4. The molecule has 2 heterocycles. The maximum absolute atomic E-state index is 4.53. The van der Waals surface area contributed by atoms with Gasteiger partial charge in [0.05, 0.1) is 0 Å². The zero-order valence-electron chi connectivity index (χ0n) is 17.5. The van der Waals surface area contributed by atoms with Crippen molar-refractivity contribution in [3.63, 3.8) is 0 Å². The third-order valence-electron chi connectivity index (χ3n) is 6.91. The molecule has 0 bridgehead atoms. The molecule has 0 saturated carbocycles. The van der Waals surface area contributed by atoms with E-state index < -0.39 is 0 Å².